The van der Waals surface area contributed by atoms with Gasteiger partial charge in [-0.1, -0.05) is 0 Å². The molecule has 1 aliphatic rings. The normalized spacial score (nSPS) is 26.8. The smallest absolute Gasteiger partial charge is 0.390 e. The number of rotatable bonds is 8. The number of nitrogens with zero attached hydrogens (tertiary/aromatic N) is 1. The minimum atomic E-state index is -5.42. The van der Waals surface area contributed by atoms with Gasteiger partial charge in [-0.05, 0) is 6.92 Å². The molecule has 0 aliphatic carbocycles. The van der Waals surface area contributed by atoms with E-state index in [0.717, 1.165) is 11.2 Å². The number of nitrogens with one attached hydrogen (secondary N) is 1. The zero-order chi connectivity index (χ0) is 22.2. The molecule has 166 valence electrons. The zero-order valence-electron chi connectivity index (χ0n) is 15.0. The van der Waals surface area contributed by atoms with Crippen LogP contribution in [0.15, 0.2) is 15.8 Å². The van der Waals surface area contributed by atoms with E-state index in [1.54, 1.807) is 0 Å². The first kappa shape index (κ1) is 24.3. The average Bonchev–Trinajstić information content (AvgIpc) is 2.86. The summed E-state index contributed by atoms with van der Waals surface area (Å²) in [6, 6.07) is 0. The Bertz CT molecular complexity index is 1010. The lowest BCUT2D eigenvalue weighted by Gasteiger charge is -2.20. The SMILES string of the molecule is Cc1cn([C@H]2C[C@H](O)[C@@H](COP(C)(=O)OP(=O)(O)OP(=O)(O)O)O2)c(=O)[nH]c1=O. The molecule has 5 atom stereocenters. The maximum absolute atomic E-state index is 12.1. The Kier molecular flexibility index (Phi) is 7.26. The van der Waals surface area contributed by atoms with Crippen LogP contribution in [0.4, 0.5) is 0 Å². The summed E-state index contributed by atoms with van der Waals surface area (Å²) >= 11 is 0. The summed E-state index contributed by atoms with van der Waals surface area (Å²) in [5, 5.41) is 10.1. The highest BCUT2D eigenvalue weighted by atomic mass is 31.3. The van der Waals surface area contributed by atoms with Gasteiger partial charge in [0.25, 0.3) is 5.56 Å². The number of H-pyrrole nitrogens is 1. The fraction of sp³-hybridized carbons (Fsp3) is 0.636. The molecule has 0 bridgehead atoms. The van der Waals surface area contributed by atoms with Crippen molar-refractivity contribution in [3.05, 3.63) is 32.6 Å². The molecule has 1 saturated heterocycles. The van der Waals surface area contributed by atoms with Crippen molar-refractivity contribution >= 4 is 23.2 Å². The highest BCUT2D eigenvalue weighted by Crippen LogP contribution is 2.66. The van der Waals surface area contributed by atoms with Crippen molar-refractivity contribution < 1.29 is 51.4 Å². The van der Waals surface area contributed by atoms with Gasteiger partial charge in [0, 0.05) is 24.8 Å². The second-order valence-electron chi connectivity index (χ2n) is 6.10. The molecule has 2 unspecified atom stereocenters. The van der Waals surface area contributed by atoms with Gasteiger partial charge in [-0.15, -0.1) is 0 Å². The number of hydrogen-bond acceptors (Lipinski definition) is 10. The molecule has 1 aliphatic heterocycles. The number of aliphatic hydroxyl groups excluding tert-OH is 1. The van der Waals surface area contributed by atoms with Crippen LogP contribution < -0.4 is 11.2 Å². The highest BCUT2D eigenvalue weighted by Gasteiger charge is 2.41. The fourth-order valence-electron chi connectivity index (χ4n) is 2.41. The Labute approximate surface area is 162 Å². The lowest BCUT2D eigenvalue weighted by atomic mass is 10.2. The molecule has 5 N–H and O–H groups in total. The maximum Gasteiger partial charge on any atom is 0.488 e. The minimum Gasteiger partial charge on any atom is -0.390 e. The van der Waals surface area contributed by atoms with Crippen LogP contribution in [0.1, 0.15) is 18.2 Å². The summed E-state index contributed by atoms with van der Waals surface area (Å²) in [6.45, 7) is 1.56. The average molecular weight is 480 g/mol. The molecule has 0 amide bonds. The van der Waals surface area contributed by atoms with Crippen LogP contribution in [0.2, 0.25) is 0 Å². The van der Waals surface area contributed by atoms with Gasteiger partial charge >= 0.3 is 28.9 Å². The third kappa shape index (κ3) is 7.06. The van der Waals surface area contributed by atoms with E-state index in [0.29, 0.717) is 0 Å². The summed E-state index contributed by atoms with van der Waals surface area (Å²) in [6.07, 6.45) is -2.19. The second-order valence-corrected chi connectivity index (χ2v) is 11.1. The van der Waals surface area contributed by atoms with Gasteiger partial charge in [0.05, 0.1) is 12.7 Å². The third-order valence-corrected chi connectivity index (χ3v) is 7.90. The van der Waals surface area contributed by atoms with E-state index in [9.17, 15) is 33.3 Å². The standard InChI is InChI=1S/C11H19N2O13P3/c1-6-4-13(11(16)12-10(6)15)9-3-7(14)8(24-9)5-23-27(2,17)25-29(21,22)26-28(18,19)20/h4,7-9,14H,3,5H2,1-2H3,(H,21,22)(H,12,15,16)(H2,18,19,20)/t7-,8+,9+,27?/m0/s1. The van der Waals surface area contributed by atoms with Gasteiger partial charge in [0.1, 0.15) is 12.3 Å². The largest absolute Gasteiger partial charge is 0.488 e. The molecule has 1 fully saturated rings. The number of hydrogen-bond donors (Lipinski definition) is 5. The molecule has 2 rings (SSSR count). The van der Waals surface area contributed by atoms with Crippen molar-refractivity contribution in [2.24, 2.45) is 0 Å². The van der Waals surface area contributed by atoms with Crippen molar-refractivity contribution in [3.8, 4) is 0 Å². The first-order valence-electron chi connectivity index (χ1n) is 7.77. The summed E-state index contributed by atoms with van der Waals surface area (Å²) in [5.41, 5.74) is -1.14. The van der Waals surface area contributed by atoms with Crippen LogP contribution in [0.25, 0.3) is 0 Å². The molecular weight excluding hydrogens is 461 g/mol. The van der Waals surface area contributed by atoms with Crippen molar-refractivity contribution in [2.45, 2.75) is 31.8 Å². The maximum atomic E-state index is 12.1. The Morgan fingerprint density at radius 2 is 1.86 bits per heavy atom. The lowest BCUT2D eigenvalue weighted by Crippen LogP contribution is -2.33. The first-order chi connectivity index (χ1) is 13.1. The number of ether oxygens (including phenoxy) is 1. The van der Waals surface area contributed by atoms with Gasteiger partial charge in [-0.3, -0.25) is 18.9 Å². The molecule has 15 nitrogen and oxygen atoms in total. The Balaban J connectivity index is 2.03. The van der Waals surface area contributed by atoms with Crippen LogP contribution in [0.5, 0.6) is 0 Å². The molecule has 0 radical (unpaired) electrons. The number of aryl methyl sites for hydroxylation is 1. The van der Waals surface area contributed by atoms with Gasteiger partial charge in [0.2, 0.25) is 0 Å². The van der Waals surface area contributed by atoms with E-state index >= 15 is 0 Å². The molecule has 2 heterocycles. The van der Waals surface area contributed by atoms with E-state index < -0.39 is 59.5 Å². The topological polar surface area (TPSA) is 224 Å². The quantitative estimate of drug-likeness (QED) is 0.298. The lowest BCUT2D eigenvalue weighted by molar-refractivity contribution is -0.0422. The Hall–Kier alpha value is -0.950. The van der Waals surface area contributed by atoms with E-state index in [2.05, 4.69) is 13.6 Å². The van der Waals surface area contributed by atoms with Crippen molar-refractivity contribution in [3.63, 3.8) is 0 Å². The minimum absolute atomic E-state index is 0.0892. The zero-order valence-corrected chi connectivity index (χ0v) is 17.7. The van der Waals surface area contributed by atoms with Gasteiger partial charge in [0.15, 0.2) is 0 Å². The predicted molar refractivity (Wildman–Crippen MR) is 94.1 cm³/mol. The van der Waals surface area contributed by atoms with Crippen LogP contribution >= 0.6 is 23.2 Å². The summed E-state index contributed by atoms with van der Waals surface area (Å²) in [5.74, 6) is 0. The van der Waals surface area contributed by atoms with Crippen molar-refractivity contribution in [1.82, 2.24) is 9.55 Å². The van der Waals surface area contributed by atoms with Crippen LogP contribution in [-0.2, 0) is 31.6 Å². The third-order valence-electron chi connectivity index (χ3n) is 3.59. The highest BCUT2D eigenvalue weighted by molar-refractivity contribution is 7.68. The molecule has 1 aromatic heterocycles. The van der Waals surface area contributed by atoms with Crippen LogP contribution in [-0.4, -0.2) is 54.8 Å². The van der Waals surface area contributed by atoms with Crippen LogP contribution in [0.3, 0.4) is 0 Å². The van der Waals surface area contributed by atoms with Gasteiger partial charge < -0.3 is 29.0 Å². The van der Waals surface area contributed by atoms with E-state index in [-0.39, 0.29) is 12.0 Å². The van der Waals surface area contributed by atoms with E-state index in [4.69, 9.17) is 19.0 Å². The number of phosphoric acid groups is 2. The molecule has 0 aromatic carbocycles. The van der Waals surface area contributed by atoms with E-state index in [1.807, 2.05) is 0 Å². The van der Waals surface area contributed by atoms with Gasteiger partial charge in [-0.25, -0.2) is 18.2 Å². The summed E-state index contributed by atoms with van der Waals surface area (Å²) in [7, 11) is -15.2. The van der Waals surface area contributed by atoms with Crippen molar-refractivity contribution in [1.29, 1.82) is 0 Å². The summed E-state index contributed by atoms with van der Waals surface area (Å²) < 4.78 is 53.2. The Morgan fingerprint density at radius 3 is 2.45 bits per heavy atom. The molecule has 0 saturated carbocycles. The number of aromatic amines is 1. The second kappa shape index (κ2) is 8.66. The predicted octanol–water partition coefficient (Wildman–Crippen LogP) is -0.441. The van der Waals surface area contributed by atoms with Crippen molar-refractivity contribution in [2.75, 3.05) is 13.3 Å². The number of aromatic nitrogens is 2. The molecule has 18 heteroatoms. The van der Waals surface area contributed by atoms with Crippen LogP contribution in [0, 0.1) is 6.92 Å². The molecule has 1 aromatic rings. The molecular formula is C11H19N2O13P3. The molecule has 29 heavy (non-hydrogen) atoms. The summed E-state index contributed by atoms with van der Waals surface area (Å²) in [4.78, 5) is 51.7. The fourth-order valence-corrected chi connectivity index (χ4v) is 5.97. The van der Waals surface area contributed by atoms with Gasteiger partial charge in [-0.2, -0.15) is 4.31 Å². The van der Waals surface area contributed by atoms with E-state index in [1.165, 1.54) is 13.1 Å². The monoisotopic (exact) mass is 480 g/mol. The number of aliphatic hydroxyl groups is 1. The first-order valence-corrected chi connectivity index (χ1v) is 12.8. The Morgan fingerprint density at radius 1 is 1.24 bits per heavy atom. The molecule has 0 spiro atoms.